The Morgan fingerprint density at radius 3 is 2.62 bits per heavy atom. The molecule has 0 saturated heterocycles. The van der Waals surface area contributed by atoms with Crippen molar-refractivity contribution in [2.75, 3.05) is 13.2 Å². The van der Waals surface area contributed by atoms with Gasteiger partial charge in [-0.3, -0.25) is 0 Å². The summed E-state index contributed by atoms with van der Waals surface area (Å²) in [5.41, 5.74) is 2.28. The molecule has 2 aromatic carbocycles. The first-order valence-electron chi connectivity index (χ1n) is 7.43. The number of aliphatic hydroxyl groups excluding tert-OH is 1. The molecule has 0 aromatic heterocycles. The number of rotatable bonds is 4. The van der Waals surface area contributed by atoms with Gasteiger partial charge in [0.2, 0.25) is 0 Å². The first-order chi connectivity index (χ1) is 10.3. The third-order valence-corrected chi connectivity index (χ3v) is 4.09. The molecule has 0 spiro atoms. The summed E-state index contributed by atoms with van der Waals surface area (Å²) in [5, 5.41) is 13.3. The summed E-state index contributed by atoms with van der Waals surface area (Å²) in [7, 11) is 0. The van der Waals surface area contributed by atoms with Crippen molar-refractivity contribution < 1.29 is 9.84 Å². The topological polar surface area (TPSA) is 41.5 Å². The molecule has 21 heavy (non-hydrogen) atoms. The van der Waals surface area contributed by atoms with Gasteiger partial charge in [0.05, 0.1) is 19.3 Å². The van der Waals surface area contributed by atoms with E-state index in [1.54, 1.807) is 0 Å². The van der Waals surface area contributed by atoms with E-state index in [1.165, 1.54) is 5.56 Å². The smallest absolute Gasteiger partial charge is 0.124 e. The quantitative estimate of drug-likeness (QED) is 0.906. The monoisotopic (exact) mass is 283 g/mol. The molecule has 1 aliphatic heterocycles. The van der Waals surface area contributed by atoms with Crippen LogP contribution in [-0.4, -0.2) is 18.3 Å². The molecule has 0 aliphatic carbocycles. The van der Waals surface area contributed by atoms with Gasteiger partial charge in [0.15, 0.2) is 0 Å². The van der Waals surface area contributed by atoms with Crippen molar-refractivity contribution in [3.05, 3.63) is 65.7 Å². The van der Waals surface area contributed by atoms with Crippen LogP contribution in [0.4, 0.5) is 0 Å². The number of hydrogen-bond donors (Lipinski definition) is 2. The molecule has 0 saturated carbocycles. The van der Waals surface area contributed by atoms with E-state index in [0.29, 0.717) is 12.5 Å². The van der Waals surface area contributed by atoms with E-state index in [1.807, 2.05) is 48.5 Å². The molecule has 0 fully saturated rings. The number of benzene rings is 2. The summed E-state index contributed by atoms with van der Waals surface area (Å²) in [6.07, 6.45) is 0. The van der Waals surface area contributed by atoms with Crippen molar-refractivity contribution in [2.45, 2.75) is 19.0 Å². The predicted molar refractivity (Wildman–Crippen MR) is 83.2 cm³/mol. The fourth-order valence-electron chi connectivity index (χ4n) is 2.90. The predicted octanol–water partition coefficient (Wildman–Crippen LogP) is 3.08. The molecule has 3 unspecified atom stereocenters. The molecule has 3 atom stereocenters. The van der Waals surface area contributed by atoms with Gasteiger partial charge in [-0.1, -0.05) is 55.5 Å². The van der Waals surface area contributed by atoms with Crippen molar-refractivity contribution >= 4 is 0 Å². The Balaban J connectivity index is 1.86. The van der Waals surface area contributed by atoms with E-state index < -0.39 is 0 Å². The molecule has 3 nitrogen and oxygen atoms in total. The van der Waals surface area contributed by atoms with Crippen LogP contribution in [0.25, 0.3) is 0 Å². The first kappa shape index (κ1) is 14.1. The van der Waals surface area contributed by atoms with Gasteiger partial charge in [0.25, 0.3) is 0 Å². The van der Waals surface area contributed by atoms with Crippen LogP contribution in [0.1, 0.15) is 30.1 Å². The highest BCUT2D eigenvalue weighted by molar-refractivity contribution is 5.38. The Kier molecular flexibility index (Phi) is 4.23. The lowest BCUT2D eigenvalue weighted by Crippen LogP contribution is -2.37. The summed E-state index contributed by atoms with van der Waals surface area (Å²) in [6, 6.07) is 18.3. The van der Waals surface area contributed by atoms with Crippen LogP contribution >= 0.6 is 0 Å². The number of ether oxygens (including phenoxy) is 1. The SMILES string of the molecule is CC1COc2ccccc2C1NC(CO)c1ccccc1. The Bertz CT molecular complexity index is 585. The average molecular weight is 283 g/mol. The number of nitrogens with one attached hydrogen (secondary N) is 1. The maximum Gasteiger partial charge on any atom is 0.124 e. The Hall–Kier alpha value is -1.84. The molecular formula is C18H21NO2. The Morgan fingerprint density at radius 1 is 1.14 bits per heavy atom. The number of hydrogen-bond acceptors (Lipinski definition) is 3. The molecule has 2 N–H and O–H groups in total. The molecule has 1 aliphatic rings. The second-order valence-electron chi connectivity index (χ2n) is 5.62. The van der Waals surface area contributed by atoms with Gasteiger partial charge < -0.3 is 15.2 Å². The summed E-state index contributed by atoms with van der Waals surface area (Å²) < 4.78 is 5.78. The van der Waals surface area contributed by atoms with Gasteiger partial charge in [0.1, 0.15) is 5.75 Å². The van der Waals surface area contributed by atoms with Crippen LogP contribution in [0.3, 0.4) is 0 Å². The lowest BCUT2D eigenvalue weighted by Gasteiger charge is -2.34. The molecule has 0 radical (unpaired) electrons. The zero-order valence-corrected chi connectivity index (χ0v) is 12.2. The fraction of sp³-hybridized carbons (Fsp3) is 0.333. The summed E-state index contributed by atoms with van der Waals surface area (Å²) in [4.78, 5) is 0. The number of aliphatic hydroxyl groups is 1. The lowest BCUT2D eigenvalue weighted by molar-refractivity contribution is 0.161. The minimum Gasteiger partial charge on any atom is -0.493 e. The van der Waals surface area contributed by atoms with E-state index in [2.05, 4.69) is 18.3 Å². The van der Waals surface area contributed by atoms with Crippen molar-refractivity contribution in [3.8, 4) is 5.75 Å². The van der Waals surface area contributed by atoms with Crippen LogP contribution in [0, 0.1) is 5.92 Å². The Labute approximate surface area is 125 Å². The first-order valence-corrected chi connectivity index (χ1v) is 7.43. The molecule has 1 heterocycles. The Morgan fingerprint density at radius 2 is 1.86 bits per heavy atom. The van der Waals surface area contributed by atoms with Crippen LogP contribution in [-0.2, 0) is 0 Å². The van der Waals surface area contributed by atoms with E-state index in [4.69, 9.17) is 4.74 Å². The molecule has 110 valence electrons. The largest absolute Gasteiger partial charge is 0.493 e. The maximum absolute atomic E-state index is 9.75. The van der Waals surface area contributed by atoms with Crippen molar-refractivity contribution in [2.24, 2.45) is 5.92 Å². The minimum atomic E-state index is -0.0650. The number of fused-ring (bicyclic) bond motifs is 1. The molecule has 2 aromatic rings. The highest BCUT2D eigenvalue weighted by Gasteiger charge is 2.29. The molecule has 3 heteroatoms. The highest BCUT2D eigenvalue weighted by Crippen LogP contribution is 2.36. The zero-order valence-electron chi connectivity index (χ0n) is 12.2. The molecule has 0 amide bonds. The van der Waals surface area contributed by atoms with Crippen LogP contribution < -0.4 is 10.1 Å². The normalized spacial score (nSPS) is 22.2. The van der Waals surface area contributed by atoms with Gasteiger partial charge >= 0.3 is 0 Å². The second-order valence-corrected chi connectivity index (χ2v) is 5.62. The van der Waals surface area contributed by atoms with Crippen LogP contribution in [0.15, 0.2) is 54.6 Å². The van der Waals surface area contributed by atoms with Crippen LogP contribution in [0.5, 0.6) is 5.75 Å². The van der Waals surface area contributed by atoms with E-state index in [9.17, 15) is 5.11 Å². The maximum atomic E-state index is 9.75. The van der Waals surface area contributed by atoms with Crippen molar-refractivity contribution in [1.82, 2.24) is 5.32 Å². The third kappa shape index (κ3) is 2.94. The molecular weight excluding hydrogens is 262 g/mol. The standard InChI is InChI=1S/C18H21NO2/c1-13-12-21-17-10-6-5-9-15(17)18(13)19-16(11-20)14-7-3-2-4-8-14/h2-10,13,16,18-20H,11-12H2,1H3. The zero-order chi connectivity index (χ0) is 14.7. The van der Waals surface area contributed by atoms with Crippen LogP contribution in [0.2, 0.25) is 0 Å². The molecule has 0 bridgehead atoms. The minimum absolute atomic E-state index is 0.0650. The van der Waals surface area contributed by atoms with E-state index in [-0.39, 0.29) is 18.7 Å². The fourth-order valence-corrected chi connectivity index (χ4v) is 2.90. The highest BCUT2D eigenvalue weighted by atomic mass is 16.5. The third-order valence-electron chi connectivity index (χ3n) is 4.09. The van der Waals surface area contributed by atoms with Crippen molar-refractivity contribution in [1.29, 1.82) is 0 Å². The van der Waals surface area contributed by atoms with Gasteiger partial charge in [0, 0.05) is 17.5 Å². The van der Waals surface area contributed by atoms with Gasteiger partial charge in [-0.15, -0.1) is 0 Å². The lowest BCUT2D eigenvalue weighted by atomic mass is 9.90. The molecule has 3 rings (SSSR count). The van der Waals surface area contributed by atoms with E-state index in [0.717, 1.165) is 11.3 Å². The average Bonchev–Trinajstić information content (AvgIpc) is 2.55. The van der Waals surface area contributed by atoms with Gasteiger partial charge in [-0.25, -0.2) is 0 Å². The van der Waals surface area contributed by atoms with Crippen molar-refractivity contribution in [3.63, 3.8) is 0 Å². The van der Waals surface area contributed by atoms with Gasteiger partial charge in [-0.2, -0.15) is 0 Å². The second kappa shape index (κ2) is 6.29. The van der Waals surface area contributed by atoms with Gasteiger partial charge in [-0.05, 0) is 11.6 Å². The van der Waals surface area contributed by atoms with E-state index >= 15 is 0 Å². The summed E-state index contributed by atoms with van der Waals surface area (Å²) in [6.45, 7) is 2.95. The summed E-state index contributed by atoms with van der Waals surface area (Å²) >= 11 is 0. The number of para-hydroxylation sites is 1. The summed E-state index contributed by atoms with van der Waals surface area (Å²) in [5.74, 6) is 1.30.